The van der Waals surface area contributed by atoms with Gasteiger partial charge in [0.15, 0.2) is 0 Å². The summed E-state index contributed by atoms with van der Waals surface area (Å²) < 4.78 is 22.6. The van der Waals surface area contributed by atoms with Crippen molar-refractivity contribution in [2.75, 3.05) is 28.4 Å². The number of hydrogen-bond acceptors (Lipinski definition) is 8. The van der Waals surface area contributed by atoms with E-state index in [0.717, 1.165) is 21.5 Å². The number of ether oxygens (including phenoxy) is 4. The fourth-order valence-corrected chi connectivity index (χ4v) is 8.99. The van der Waals surface area contributed by atoms with Crippen LogP contribution in [0.4, 0.5) is 0 Å². The Kier molecular flexibility index (Phi) is 13.0. The van der Waals surface area contributed by atoms with Crippen molar-refractivity contribution in [3.05, 3.63) is 215 Å². The molecule has 10 nitrogen and oxygen atoms in total. The first kappa shape index (κ1) is 45.9. The number of fused-ring (bicyclic) bond motifs is 2. The highest BCUT2D eigenvalue weighted by Gasteiger charge is 2.49. The number of carbonyl (C=O) groups excluding carboxylic acids is 2. The molecule has 0 saturated heterocycles. The van der Waals surface area contributed by atoms with Gasteiger partial charge in [-0.25, -0.2) is 0 Å². The van der Waals surface area contributed by atoms with Crippen molar-refractivity contribution in [3.63, 3.8) is 0 Å². The molecule has 0 aliphatic carbocycles. The molecule has 67 heavy (non-hydrogen) atoms. The Morgan fingerprint density at radius 3 is 1.01 bits per heavy atom. The summed E-state index contributed by atoms with van der Waals surface area (Å²) in [5.74, 6) is 0.549. The quantitative estimate of drug-likeness (QED) is 0.0705. The average molecular weight is 895 g/mol. The van der Waals surface area contributed by atoms with E-state index in [9.17, 15) is 10.2 Å². The van der Waals surface area contributed by atoms with Crippen LogP contribution in [0, 0.1) is 5.41 Å². The molecular formula is C57H54N2O8. The molecule has 0 heterocycles. The van der Waals surface area contributed by atoms with Crippen molar-refractivity contribution in [2.24, 2.45) is 5.41 Å². The number of rotatable bonds is 16. The SMILES string of the molecule is COc1cccc(C(O)(c2cccc(OC)c2)[C@@H](NC(=O)C(C)(C)C(=O)N[C@@H](c2cccc3ccccc23)C(O)(c2cccc(OC)c2)c2cccc(OC)c2)c2cccc3ccccc23)c1. The van der Waals surface area contributed by atoms with Crippen molar-refractivity contribution in [1.82, 2.24) is 10.6 Å². The molecule has 2 amide bonds. The van der Waals surface area contributed by atoms with Crippen LogP contribution in [0.2, 0.25) is 0 Å². The highest BCUT2D eigenvalue weighted by molar-refractivity contribution is 6.05. The molecule has 10 heteroatoms. The Balaban J connectivity index is 1.30. The van der Waals surface area contributed by atoms with Crippen molar-refractivity contribution >= 4 is 33.4 Å². The molecule has 0 spiro atoms. The molecule has 0 aliphatic rings. The Morgan fingerprint density at radius 2 is 0.701 bits per heavy atom. The van der Waals surface area contributed by atoms with Gasteiger partial charge >= 0.3 is 0 Å². The third-order valence-electron chi connectivity index (χ3n) is 12.8. The highest BCUT2D eigenvalue weighted by atomic mass is 16.5. The largest absolute Gasteiger partial charge is 0.497 e. The molecule has 0 fully saturated rings. The summed E-state index contributed by atoms with van der Waals surface area (Å²) in [7, 11) is 6.18. The summed E-state index contributed by atoms with van der Waals surface area (Å²) >= 11 is 0. The van der Waals surface area contributed by atoms with Crippen molar-refractivity contribution in [1.29, 1.82) is 0 Å². The van der Waals surface area contributed by atoms with Crippen LogP contribution in [0.25, 0.3) is 21.5 Å². The number of methoxy groups -OCH3 is 4. The highest BCUT2D eigenvalue weighted by Crippen LogP contribution is 2.47. The van der Waals surface area contributed by atoms with Gasteiger partial charge in [0.2, 0.25) is 11.8 Å². The monoisotopic (exact) mass is 894 g/mol. The van der Waals surface area contributed by atoms with Gasteiger partial charge in [0.05, 0.1) is 40.5 Å². The standard InChI is InChI=1S/C57H54N2O8/c1-55(2,53(60)58-51(49-31-11-19-37-17-7-9-29-47(37)49)56(62,39-21-13-25-43(33-39)64-3)40-22-14-26-44(34-40)65-4)54(61)59-52(50-32-12-20-38-18-8-10-30-48(38)50)57(63,41-23-15-27-45(35-41)66-5)42-24-16-28-46(36-42)67-6/h7-36,51-52,62-63H,1-6H3,(H,58,60)(H,59,61)/t51-,52-/m0/s1. The zero-order chi connectivity index (χ0) is 47.3. The van der Waals surface area contributed by atoms with Crippen molar-refractivity contribution in [3.8, 4) is 23.0 Å². The minimum absolute atomic E-state index is 0.415. The molecule has 8 rings (SSSR count). The normalized spacial score (nSPS) is 12.8. The second kappa shape index (κ2) is 19.1. The lowest BCUT2D eigenvalue weighted by molar-refractivity contribution is -0.144. The van der Waals surface area contributed by atoms with Gasteiger partial charge in [-0.1, -0.05) is 133 Å². The molecule has 0 saturated carbocycles. The second-order valence-corrected chi connectivity index (χ2v) is 17.0. The summed E-state index contributed by atoms with van der Waals surface area (Å²) in [4.78, 5) is 30.9. The molecule has 0 radical (unpaired) electrons. The first-order valence-corrected chi connectivity index (χ1v) is 22.0. The van der Waals surface area contributed by atoms with Gasteiger partial charge in [0, 0.05) is 0 Å². The van der Waals surface area contributed by atoms with Crippen LogP contribution in [0.15, 0.2) is 182 Å². The molecule has 8 aromatic carbocycles. The summed E-state index contributed by atoms with van der Waals surface area (Å²) in [6.45, 7) is 3.06. The number of amides is 2. The smallest absolute Gasteiger partial charge is 0.235 e. The van der Waals surface area contributed by atoms with Crippen LogP contribution in [0.3, 0.4) is 0 Å². The van der Waals surface area contributed by atoms with Gasteiger partial charge in [-0.2, -0.15) is 0 Å². The summed E-state index contributed by atoms with van der Waals surface area (Å²) in [5.41, 5.74) is -2.98. The summed E-state index contributed by atoms with van der Waals surface area (Å²) in [6.07, 6.45) is 0. The lowest BCUT2D eigenvalue weighted by Crippen LogP contribution is -2.55. The van der Waals surface area contributed by atoms with Crippen LogP contribution < -0.4 is 29.6 Å². The van der Waals surface area contributed by atoms with Gasteiger partial charge in [-0.05, 0) is 117 Å². The fraction of sp³-hybridized carbons (Fsp3) is 0.193. The van der Waals surface area contributed by atoms with Gasteiger partial charge in [-0.15, -0.1) is 0 Å². The molecule has 0 bridgehead atoms. The maximum atomic E-state index is 15.4. The Labute approximate surface area is 390 Å². The van der Waals surface area contributed by atoms with Crippen molar-refractivity contribution < 1.29 is 38.7 Å². The Bertz CT molecular complexity index is 2760. The van der Waals surface area contributed by atoms with Crippen LogP contribution in [0.5, 0.6) is 23.0 Å². The van der Waals surface area contributed by atoms with E-state index in [1.807, 2.05) is 84.9 Å². The molecule has 0 aromatic heterocycles. The van der Waals surface area contributed by atoms with Gasteiger partial charge < -0.3 is 39.8 Å². The van der Waals surface area contributed by atoms with E-state index in [2.05, 4.69) is 10.6 Å². The van der Waals surface area contributed by atoms with Gasteiger partial charge in [0.1, 0.15) is 39.6 Å². The van der Waals surface area contributed by atoms with Crippen LogP contribution in [0.1, 0.15) is 59.3 Å². The van der Waals surface area contributed by atoms with E-state index in [1.54, 1.807) is 126 Å². The molecule has 0 aliphatic heterocycles. The van der Waals surface area contributed by atoms with E-state index in [0.29, 0.717) is 56.4 Å². The van der Waals surface area contributed by atoms with Gasteiger partial charge in [-0.3, -0.25) is 9.59 Å². The van der Waals surface area contributed by atoms with Gasteiger partial charge in [0.25, 0.3) is 0 Å². The Morgan fingerprint density at radius 1 is 0.418 bits per heavy atom. The van der Waals surface area contributed by atoms with E-state index in [4.69, 9.17) is 18.9 Å². The number of hydrogen-bond donors (Lipinski definition) is 4. The van der Waals surface area contributed by atoms with E-state index in [1.165, 1.54) is 13.8 Å². The average Bonchev–Trinajstić information content (AvgIpc) is 3.38. The number of benzene rings is 8. The second-order valence-electron chi connectivity index (χ2n) is 17.0. The first-order valence-electron chi connectivity index (χ1n) is 22.0. The molecule has 340 valence electrons. The van der Waals surface area contributed by atoms with E-state index in [-0.39, 0.29) is 0 Å². The topological polar surface area (TPSA) is 136 Å². The minimum Gasteiger partial charge on any atom is -0.497 e. The molecule has 0 unspecified atom stereocenters. The van der Waals surface area contributed by atoms with E-state index >= 15 is 9.59 Å². The van der Waals surface area contributed by atoms with Crippen LogP contribution in [-0.2, 0) is 20.8 Å². The van der Waals surface area contributed by atoms with Crippen LogP contribution in [-0.4, -0.2) is 50.5 Å². The third-order valence-corrected chi connectivity index (χ3v) is 12.8. The molecule has 8 aromatic rings. The summed E-state index contributed by atoms with van der Waals surface area (Å²) in [6, 6.07) is 52.7. The molecule has 4 N–H and O–H groups in total. The third kappa shape index (κ3) is 8.65. The number of carbonyl (C=O) groups is 2. The number of aliphatic hydroxyl groups is 2. The maximum absolute atomic E-state index is 15.4. The minimum atomic E-state index is -1.99. The number of nitrogens with one attached hydrogen (secondary N) is 2. The zero-order valence-electron chi connectivity index (χ0n) is 38.3. The van der Waals surface area contributed by atoms with Crippen LogP contribution >= 0.6 is 0 Å². The van der Waals surface area contributed by atoms with E-state index < -0.39 is 40.5 Å². The molecular weight excluding hydrogens is 841 g/mol. The predicted molar refractivity (Wildman–Crippen MR) is 261 cm³/mol. The fourth-order valence-electron chi connectivity index (χ4n) is 8.99. The first-order chi connectivity index (χ1) is 32.4. The predicted octanol–water partition coefficient (Wildman–Crippen LogP) is 9.94. The Hall–Kier alpha value is -7.66. The zero-order valence-corrected chi connectivity index (χ0v) is 38.3. The molecule has 2 atom stereocenters. The van der Waals surface area contributed by atoms with Crippen molar-refractivity contribution in [2.45, 2.75) is 37.1 Å². The summed E-state index contributed by atoms with van der Waals surface area (Å²) in [5, 5.41) is 37.1. The maximum Gasteiger partial charge on any atom is 0.235 e. The lowest BCUT2D eigenvalue weighted by atomic mass is 9.75. The lowest BCUT2D eigenvalue weighted by Gasteiger charge is -2.41.